The third kappa shape index (κ3) is 1.91. The van der Waals surface area contributed by atoms with Crippen LogP contribution in [-0.4, -0.2) is 10.1 Å². The van der Waals surface area contributed by atoms with Gasteiger partial charge < -0.3 is 5.11 Å². The molecule has 1 aromatic carbocycles. The van der Waals surface area contributed by atoms with Gasteiger partial charge in [-0.1, -0.05) is 34.8 Å². The molecule has 2 aromatic rings. The lowest BCUT2D eigenvalue weighted by atomic mass is 10.1. The zero-order chi connectivity index (χ0) is 11.0. The molecule has 15 heavy (non-hydrogen) atoms. The van der Waals surface area contributed by atoms with Crippen molar-refractivity contribution in [1.82, 2.24) is 4.98 Å². The van der Waals surface area contributed by atoms with Crippen molar-refractivity contribution in [3.05, 3.63) is 39.0 Å². The Bertz CT molecular complexity index is 528. The zero-order valence-electron chi connectivity index (χ0n) is 7.47. The van der Waals surface area contributed by atoms with Crippen LogP contribution in [0.5, 0.6) is 0 Å². The molecule has 0 amide bonds. The number of pyridine rings is 1. The van der Waals surface area contributed by atoms with Gasteiger partial charge in [-0.3, -0.25) is 4.98 Å². The normalized spacial score (nSPS) is 10.9. The van der Waals surface area contributed by atoms with Crippen LogP contribution in [0.15, 0.2) is 18.3 Å². The van der Waals surface area contributed by atoms with Crippen LogP contribution in [0, 0.1) is 0 Å². The van der Waals surface area contributed by atoms with Crippen LogP contribution >= 0.6 is 34.8 Å². The number of nitrogens with zero attached hydrogens (tertiary/aromatic N) is 1. The molecule has 0 spiro atoms. The first kappa shape index (κ1) is 11.0. The summed E-state index contributed by atoms with van der Waals surface area (Å²) in [5.74, 6) is 0. The second kappa shape index (κ2) is 4.14. The van der Waals surface area contributed by atoms with Crippen molar-refractivity contribution in [3.63, 3.8) is 0 Å². The SMILES string of the molecule is OCc1cnc2c(Cl)cc(Cl)cc2c1Cl. The average molecular weight is 263 g/mol. The highest BCUT2D eigenvalue weighted by molar-refractivity contribution is 6.41. The number of benzene rings is 1. The molecule has 1 N–H and O–H groups in total. The molecule has 1 heterocycles. The van der Waals surface area contributed by atoms with Crippen LogP contribution in [0.2, 0.25) is 15.1 Å². The van der Waals surface area contributed by atoms with Crippen molar-refractivity contribution >= 4 is 45.7 Å². The van der Waals surface area contributed by atoms with Crippen molar-refractivity contribution in [3.8, 4) is 0 Å². The molecule has 78 valence electrons. The van der Waals surface area contributed by atoms with Crippen LogP contribution in [0.3, 0.4) is 0 Å². The largest absolute Gasteiger partial charge is 0.392 e. The fraction of sp³-hybridized carbons (Fsp3) is 0.100. The Morgan fingerprint density at radius 2 is 1.93 bits per heavy atom. The zero-order valence-corrected chi connectivity index (χ0v) is 9.74. The molecule has 0 aliphatic rings. The standard InChI is InChI=1S/C10H6Cl3NO/c11-6-1-7-9(13)5(4-15)3-14-10(7)8(12)2-6/h1-3,15H,4H2. The van der Waals surface area contributed by atoms with E-state index < -0.39 is 0 Å². The third-order valence-electron chi connectivity index (χ3n) is 2.07. The maximum atomic E-state index is 9.03. The first-order valence-corrected chi connectivity index (χ1v) is 5.30. The lowest BCUT2D eigenvalue weighted by Crippen LogP contribution is -1.90. The molecule has 0 fully saturated rings. The number of halogens is 3. The van der Waals surface area contributed by atoms with E-state index in [-0.39, 0.29) is 6.61 Å². The maximum absolute atomic E-state index is 9.03. The molecule has 0 aliphatic carbocycles. The molecule has 0 saturated carbocycles. The van der Waals surface area contributed by atoms with Gasteiger partial charge in [0, 0.05) is 22.2 Å². The Balaban J connectivity index is 2.86. The maximum Gasteiger partial charge on any atom is 0.0904 e. The third-order valence-corrected chi connectivity index (χ3v) is 3.02. The summed E-state index contributed by atoms with van der Waals surface area (Å²) in [6.45, 7) is -0.161. The van der Waals surface area contributed by atoms with Gasteiger partial charge in [0.05, 0.1) is 22.2 Å². The predicted molar refractivity (Wildman–Crippen MR) is 62.7 cm³/mol. The van der Waals surface area contributed by atoms with Gasteiger partial charge in [0.1, 0.15) is 0 Å². The van der Waals surface area contributed by atoms with E-state index in [1.807, 2.05) is 0 Å². The van der Waals surface area contributed by atoms with E-state index in [9.17, 15) is 0 Å². The molecular formula is C10H6Cl3NO. The first-order chi connectivity index (χ1) is 7.13. The highest BCUT2D eigenvalue weighted by atomic mass is 35.5. The Morgan fingerprint density at radius 1 is 1.20 bits per heavy atom. The smallest absolute Gasteiger partial charge is 0.0904 e. The summed E-state index contributed by atoms with van der Waals surface area (Å²) in [7, 11) is 0. The Morgan fingerprint density at radius 3 is 2.60 bits per heavy atom. The van der Waals surface area contributed by atoms with Crippen molar-refractivity contribution in [2.24, 2.45) is 0 Å². The summed E-state index contributed by atoms with van der Waals surface area (Å²) in [6, 6.07) is 3.28. The summed E-state index contributed by atoms with van der Waals surface area (Å²) < 4.78 is 0. The summed E-state index contributed by atoms with van der Waals surface area (Å²) in [6.07, 6.45) is 1.50. The van der Waals surface area contributed by atoms with E-state index in [2.05, 4.69) is 4.98 Å². The monoisotopic (exact) mass is 261 g/mol. The number of hydrogen-bond acceptors (Lipinski definition) is 2. The molecular weight excluding hydrogens is 256 g/mol. The van der Waals surface area contributed by atoms with Crippen LogP contribution in [0.1, 0.15) is 5.56 Å². The summed E-state index contributed by atoms with van der Waals surface area (Å²) in [5, 5.41) is 11.1. The summed E-state index contributed by atoms with van der Waals surface area (Å²) in [4.78, 5) is 4.12. The number of hydrogen-bond donors (Lipinski definition) is 1. The number of rotatable bonds is 1. The van der Waals surface area contributed by atoms with Crippen LogP contribution in [0.4, 0.5) is 0 Å². The molecule has 1 aromatic heterocycles. The van der Waals surface area contributed by atoms with Crippen LogP contribution in [-0.2, 0) is 6.61 Å². The lowest BCUT2D eigenvalue weighted by molar-refractivity contribution is 0.281. The van der Waals surface area contributed by atoms with Gasteiger partial charge >= 0.3 is 0 Å². The Kier molecular flexibility index (Phi) is 3.03. The molecule has 5 heteroatoms. The molecule has 0 atom stereocenters. The Labute approximate surface area is 101 Å². The summed E-state index contributed by atoms with van der Waals surface area (Å²) >= 11 is 17.9. The number of aromatic nitrogens is 1. The van der Waals surface area contributed by atoms with Crippen molar-refractivity contribution in [1.29, 1.82) is 0 Å². The second-order valence-electron chi connectivity index (χ2n) is 3.04. The van der Waals surface area contributed by atoms with E-state index in [1.165, 1.54) is 6.20 Å². The van der Waals surface area contributed by atoms with Crippen molar-refractivity contribution in [2.75, 3.05) is 0 Å². The van der Waals surface area contributed by atoms with Gasteiger partial charge in [-0.2, -0.15) is 0 Å². The van der Waals surface area contributed by atoms with E-state index in [4.69, 9.17) is 39.9 Å². The fourth-order valence-electron chi connectivity index (χ4n) is 1.35. The van der Waals surface area contributed by atoms with Crippen molar-refractivity contribution < 1.29 is 5.11 Å². The van der Waals surface area contributed by atoms with E-state index in [0.29, 0.717) is 31.5 Å². The number of aliphatic hydroxyl groups is 1. The van der Waals surface area contributed by atoms with E-state index in [0.717, 1.165) is 0 Å². The quantitative estimate of drug-likeness (QED) is 0.850. The topological polar surface area (TPSA) is 33.1 Å². The van der Waals surface area contributed by atoms with Gasteiger partial charge in [-0.05, 0) is 12.1 Å². The number of fused-ring (bicyclic) bond motifs is 1. The lowest BCUT2D eigenvalue weighted by Gasteiger charge is -2.06. The van der Waals surface area contributed by atoms with Crippen LogP contribution in [0.25, 0.3) is 10.9 Å². The summed E-state index contributed by atoms with van der Waals surface area (Å²) in [5.41, 5.74) is 1.14. The molecule has 0 bridgehead atoms. The minimum absolute atomic E-state index is 0.161. The van der Waals surface area contributed by atoms with Crippen molar-refractivity contribution in [2.45, 2.75) is 6.61 Å². The minimum Gasteiger partial charge on any atom is -0.392 e. The van der Waals surface area contributed by atoms with Gasteiger partial charge in [0.25, 0.3) is 0 Å². The van der Waals surface area contributed by atoms with E-state index in [1.54, 1.807) is 12.1 Å². The minimum atomic E-state index is -0.161. The van der Waals surface area contributed by atoms with Gasteiger partial charge in [0.2, 0.25) is 0 Å². The molecule has 0 aliphatic heterocycles. The van der Waals surface area contributed by atoms with Gasteiger partial charge in [0.15, 0.2) is 0 Å². The van der Waals surface area contributed by atoms with Gasteiger partial charge in [-0.15, -0.1) is 0 Å². The fourth-order valence-corrected chi connectivity index (χ4v) is 2.14. The molecule has 0 saturated heterocycles. The first-order valence-electron chi connectivity index (χ1n) is 4.16. The molecule has 0 unspecified atom stereocenters. The molecule has 2 rings (SSSR count). The molecule has 2 nitrogen and oxygen atoms in total. The van der Waals surface area contributed by atoms with Gasteiger partial charge in [-0.25, -0.2) is 0 Å². The highest BCUT2D eigenvalue weighted by Gasteiger charge is 2.09. The second-order valence-corrected chi connectivity index (χ2v) is 4.26. The van der Waals surface area contributed by atoms with Crippen LogP contribution < -0.4 is 0 Å². The molecule has 0 radical (unpaired) electrons. The predicted octanol–water partition coefficient (Wildman–Crippen LogP) is 3.69. The average Bonchev–Trinajstić information content (AvgIpc) is 2.19. The number of aliphatic hydroxyl groups excluding tert-OH is 1. The Hall–Kier alpha value is -0.540. The van der Waals surface area contributed by atoms with E-state index >= 15 is 0 Å². The highest BCUT2D eigenvalue weighted by Crippen LogP contribution is 2.32.